The average Bonchev–Trinajstić information content (AvgIpc) is 2.52. The van der Waals surface area contributed by atoms with Crippen LogP contribution in [0.1, 0.15) is 19.4 Å². The first-order valence-electron chi connectivity index (χ1n) is 7.31. The van der Waals surface area contributed by atoms with Crippen molar-refractivity contribution in [2.24, 2.45) is 0 Å². The van der Waals surface area contributed by atoms with Crippen LogP contribution >= 0.6 is 0 Å². The van der Waals surface area contributed by atoms with Gasteiger partial charge in [0.1, 0.15) is 6.33 Å². The normalized spacial score (nSPS) is 11.4. The molecule has 0 aliphatic carbocycles. The molecule has 1 aromatic heterocycles. The Bertz CT molecular complexity index is 867. The van der Waals surface area contributed by atoms with Crippen LogP contribution in [0.4, 0.5) is 17.3 Å². The molecule has 0 atom stereocenters. The Morgan fingerprint density at radius 1 is 1.12 bits per heavy atom. The number of sulfonamides is 1. The molecule has 2 aromatic rings. The van der Waals surface area contributed by atoms with Gasteiger partial charge in [0.25, 0.3) is 10.0 Å². The van der Waals surface area contributed by atoms with Crippen molar-refractivity contribution >= 4 is 27.3 Å². The number of nitro groups is 1. The third-order valence-electron chi connectivity index (χ3n) is 3.07. The second kappa shape index (κ2) is 7.40. The van der Waals surface area contributed by atoms with E-state index < -0.39 is 20.6 Å². The second-order valence-corrected chi connectivity index (χ2v) is 7.20. The number of nitrogens with zero attached hydrogens (tertiary/aromatic N) is 3. The molecule has 10 nitrogen and oxygen atoms in total. The highest BCUT2D eigenvalue weighted by Crippen LogP contribution is 2.28. The zero-order valence-electron chi connectivity index (χ0n) is 13.8. The zero-order chi connectivity index (χ0) is 18.6. The SMILES string of the molecule is Cc1ccc(S(=O)(=O)NNc2ncnc(NC(C)C)c2[N+](=O)[O-])cc1. The van der Waals surface area contributed by atoms with E-state index in [4.69, 9.17) is 0 Å². The summed E-state index contributed by atoms with van der Waals surface area (Å²) in [5.41, 5.74) is 2.74. The third-order valence-corrected chi connectivity index (χ3v) is 4.33. The molecule has 1 heterocycles. The number of aromatic nitrogens is 2. The number of hydrogen-bond donors (Lipinski definition) is 3. The van der Waals surface area contributed by atoms with E-state index in [1.807, 2.05) is 6.92 Å². The maximum absolute atomic E-state index is 12.3. The lowest BCUT2D eigenvalue weighted by Gasteiger charge is -2.12. The highest BCUT2D eigenvalue weighted by molar-refractivity contribution is 7.89. The summed E-state index contributed by atoms with van der Waals surface area (Å²) < 4.78 is 24.5. The Hall–Kier alpha value is -2.79. The van der Waals surface area contributed by atoms with Crippen LogP contribution < -0.4 is 15.6 Å². The molecular formula is C14H18N6O4S. The third kappa shape index (κ3) is 4.61. The summed E-state index contributed by atoms with van der Waals surface area (Å²) in [5.74, 6) is -0.272. The molecule has 134 valence electrons. The van der Waals surface area contributed by atoms with E-state index in [1.54, 1.807) is 26.0 Å². The molecule has 0 spiro atoms. The molecule has 0 bridgehead atoms. The molecular weight excluding hydrogens is 348 g/mol. The van der Waals surface area contributed by atoms with Crippen LogP contribution in [0.2, 0.25) is 0 Å². The predicted molar refractivity (Wildman–Crippen MR) is 92.6 cm³/mol. The van der Waals surface area contributed by atoms with Crippen molar-refractivity contribution in [2.45, 2.75) is 31.7 Å². The molecule has 25 heavy (non-hydrogen) atoms. The van der Waals surface area contributed by atoms with Crippen molar-refractivity contribution in [3.63, 3.8) is 0 Å². The maximum Gasteiger partial charge on any atom is 0.354 e. The fourth-order valence-corrected chi connectivity index (χ4v) is 2.76. The molecule has 0 saturated heterocycles. The number of anilines is 2. The Morgan fingerprint density at radius 3 is 2.28 bits per heavy atom. The Morgan fingerprint density at radius 2 is 1.72 bits per heavy atom. The van der Waals surface area contributed by atoms with Crippen LogP contribution in [-0.2, 0) is 10.0 Å². The Labute approximate surface area is 144 Å². The highest BCUT2D eigenvalue weighted by Gasteiger charge is 2.24. The van der Waals surface area contributed by atoms with Crippen molar-refractivity contribution in [1.82, 2.24) is 14.8 Å². The van der Waals surface area contributed by atoms with E-state index in [0.717, 1.165) is 11.9 Å². The second-order valence-electron chi connectivity index (χ2n) is 5.52. The van der Waals surface area contributed by atoms with Gasteiger partial charge in [0.05, 0.1) is 9.82 Å². The average molecular weight is 366 g/mol. The minimum atomic E-state index is -3.92. The smallest absolute Gasteiger partial charge is 0.354 e. The van der Waals surface area contributed by atoms with Gasteiger partial charge in [0.2, 0.25) is 11.6 Å². The number of aryl methyl sites for hydroxylation is 1. The van der Waals surface area contributed by atoms with Gasteiger partial charge in [-0.05, 0) is 32.9 Å². The minimum absolute atomic E-state index is 0.00738. The van der Waals surface area contributed by atoms with Crippen molar-refractivity contribution in [3.05, 3.63) is 46.3 Å². The van der Waals surface area contributed by atoms with Gasteiger partial charge in [-0.25, -0.2) is 18.4 Å². The van der Waals surface area contributed by atoms with Gasteiger partial charge >= 0.3 is 5.69 Å². The van der Waals surface area contributed by atoms with Gasteiger partial charge < -0.3 is 5.32 Å². The molecule has 2 rings (SSSR count). The lowest BCUT2D eigenvalue weighted by atomic mass is 10.2. The summed E-state index contributed by atoms with van der Waals surface area (Å²) in [4.78, 5) is 20.3. The first-order chi connectivity index (χ1) is 11.7. The lowest BCUT2D eigenvalue weighted by Crippen LogP contribution is -2.30. The fourth-order valence-electron chi connectivity index (χ4n) is 1.91. The molecule has 3 N–H and O–H groups in total. The molecule has 0 saturated carbocycles. The molecule has 11 heteroatoms. The molecule has 0 fully saturated rings. The Balaban J connectivity index is 2.28. The van der Waals surface area contributed by atoms with Crippen LogP contribution in [0.25, 0.3) is 0 Å². The molecule has 0 aliphatic rings. The quantitative estimate of drug-likeness (QED) is 0.498. The van der Waals surface area contributed by atoms with Crippen molar-refractivity contribution in [1.29, 1.82) is 0 Å². The monoisotopic (exact) mass is 366 g/mol. The summed E-state index contributed by atoms with van der Waals surface area (Å²) >= 11 is 0. The summed E-state index contributed by atoms with van der Waals surface area (Å²) in [6.45, 7) is 5.41. The van der Waals surface area contributed by atoms with Gasteiger partial charge in [-0.3, -0.25) is 15.5 Å². The Kier molecular flexibility index (Phi) is 5.49. The number of nitrogens with one attached hydrogen (secondary N) is 3. The lowest BCUT2D eigenvalue weighted by molar-refractivity contribution is -0.383. The number of hydrazine groups is 1. The molecule has 0 radical (unpaired) electrons. The van der Waals surface area contributed by atoms with Gasteiger partial charge in [-0.2, -0.15) is 0 Å². The summed E-state index contributed by atoms with van der Waals surface area (Å²) in [7, 11) is -3.92. The summed E-state index contributed by atoms with van der Waals surface area (Å²) in [5, 5.41) is 14.1. The standard InChI is InChI=1S/C14H18N6O4S/c1-9(2)17-13-12(20(21)22)14(16-8-15-13)18-19-25(23,24)11-6-4-10(3)5-7-11/h4-9,19H,1-3H3,(H2,15,16,17,18). The van der Waals surface area contributed by atoms with Crippen LogP contribution in [0.5, 0.6) is 0 Å². The molecule has 0 unspecified atom stereocenters. The first-order valence-corrected chi connectivity index (χ1v) is 8.79. The largest absolute Gasteiger partial charge is 0.362 e. The van der Waals surface area contributed by atoms with Crippen LogP contribution in [0.3, 0.4) is 0 Å². The summed E-state index contributed by atoms with van der Waals surface area (Å²) in [6, 6.07) is 6.04. The van der Waals surface area contributed by atoms with Crippen molar-refractivity contribution in [3.8, 4) is 0 Å². The number of rotatable bonds is 7. The maximum atomic E-state index is 12.3. The topological polar surface area (TPSA) is 139 Å². The van der Waals surface area contributed by atoms with Crippen molar-refractivity contribution in [2.75, 3.05) is 10.7 Å². The van der Waals surface area contributed by atoms with Crippen LogP contribution in [0, 0.1) is 17.0 Å². The number of benzene rings is 1. The van der Waals surface area contributed by atoms with E-state index in [1.165, 1.54) is 12.1 Å². The number of hydrogen-bond acceptors (Lipinski definition) is 8. The van der Waals surface area contributed by atoms with Crippen LogP contribution in [-0.4, -0.2) is 29.4 Å². The van der Waals surface area contributed by atoms with E-state index in [0.29, 0.717) is 0 Å². The van der Waals surface area contributed by atoms with Gasteiger partial charge in [-0.1, -0.05) is 17.7 Å². The predicted octanol–water partition coefficient (Wildman–Crippen LogP) is 1.82. The van der Waals surface area contributed by atoms with E-state index in [-0.39, 0.29) is 22.6 Å². The van der Waals surface area contributed by atoms with Gasteiger partial charge in [-0.15, -0.1) is 4.83 Å². The van der Waals surface area contributed by atoms with E-state index >= 15 is 0 Å². The molecule has 0 amide bonds. The highest BCUT2D eigenvalue weighted by atomic mass is 32.2. The van der Waals surface area contributed by atoms with Gasteiger partial charge in [0.15, 0.2) is 0 Å². The van der Waals surface area contributed by atoms with Crippen molar-refractivity contribution < 1.29 is 13.3 Å². The van der Waals surface area contributed by atoms with E-state index in [9.17, 15) is 18.5 Å². The van der Waals surface area contributed by atoms with Gasteiger partial charge in [0, 0.05) is 6.04 Å². The fraction of sp³-hybridized carbons (Fsp3) is 0.286. The van der Waals surface area contributed by atoms with E-state index in [2.05, 4.69) is 25.5 Å². The molecule has 0 aliphatic heterocycles. The zero-order valence-corrected chi connectivity index (χ0v) is 14.7. The molecule has 1 aromatic carbocycles. The van der Waals surface area contributed by atoms with Crippen LogP contribution in [0.15, 0.2) is 35.5 Å². The summed E-state index contributed by atoms with van der Waals surface area (Å²) in [6.07, 6.45) is 1.10. The minimum Gasteiger partial charge on any atom is -0.362 e. The first kappa shape index (κ1) is 18.5.